The summed E-state index contributed by atoms with van der Waals surface area (Å²) in [5.41, 5.74) is 2.61. The Bertz CT molecular complexity index is 349. The zero-order chi connectivity index (χ0) is 10.8. The minimum atomic E-state index is 0.530. The predicted molar refractivity (Wildman–Crippen MR) is 62.7 cm³/mol. The lowest BCUT2D eigenvalue weighted by Gasteiger charge is -2.16. The Labute approximate surface area is 91.0 Å². The van der Waals surface area contributed by atoms with Gasteiger partial charge in [-0.1, -0.05) is 6.07 Å². The van der Waals surface area contributed by atoms with E-state index in [1.807, 2.05) is 6.07 Å². The Hall–Kier alpha value is -1.22. The third kappa shape index (κ3) is 2.23. The monoisotopic (exact) mass is 206 g/mol. The van der Waals surface area contributed by atoms with Crippen molar-refractivity contribution in [3.63, 3.8) is 0 Å². The maximum absolute atomic E-state index is 5.21. The van der Waals surface area contributed by atoms with Crippen molar-refractivity contribution in [1.82, 2.24) is 4.90 Å². The number of ether oxygens (including phenoxy) is 1. The summed E-state index contributed by atoms with van der Waals surface area (Å²) in [7, 11) is 5.91. The molecule has 15 heavy (non-hydrogen) atoms. The lowest BCUT2D eigenvalue weighted by Crippen LogP contribution is -2.30. The summed E-state index contributed by atoms with van der Waals surface area (Å²) in [6.45, 7) is 1.07. The van der Waals surface area contributed by atoms with Gasteiger partial charge in [0.2, 0.25) is 0 Å². The van der Waals surface area contributed by atoms with Crippen LogP contribution in [0.3, 0.4) is 0 Å². The van der Waals surface area contributed by atoms with Gasteiger partial charge in [0.25, 0.3) is 0 Å². The number of fused-ring (bicyclic) bond motifs is 1. The first-order valence-electron chi connectivity index (χ1n) is 5.27. The van der Waals surface area contributed by atoms with Crippen LogP contribution in [0.1, 0.15) is 5.56 Å². The Morgan fingerprint density at radius 3 is 2.93 bits per heavy atom. The molecule has 0 aliphatic carbocycles. The fourth-order valence-electron chi connectivity index (χ4n) is 2.08. The number of anilines is 1. The van der Waals surface area contributed by atoms with E-state index in [4.69, 9.17) is 4.74 Å². The van der Waals surface area contributed by atoms with Gasteiger partial charge in [-0.15, -0.1) is 0 Å². The highest BCUT2D eigenvalue weighted by Crippen LogP contribution is 2.29. The molecule has 0 fully saturated rings. The Kier molecular flexibility index (Phi) is 2.82. The second-order valence-electron chi connectivity index (χ2n) is 4.33. The van der Waals surface area contributed by atoms with Crippen LogP contribution in [0.2, 0.25) is 0 Å². The van der Waals surface area contributed by atoms with Crippen LogP contribution in [0.15, 0.2) is 18.2 Å². The van der Waals surface area contributed by atoms with E-state index in [9.17, 15) is 0 Å². The number of nitrogens with zero attached hydrogens (tertiary/aromatic N) is 1. The first kappa shape index (κ1) is 10.3. The van der Waals surface area contributed by atoms with Crippen molar-refractivity contribution in [1.29, 1.82) is 0 Å². The standard InChI is InChI=1S/C12H18N2O/c1-14(2)8-10-6-9-4-5-11(15-3)7-12(9)13-10/h4-5,7,10,13H,6,8H2,1-3H3. The summed E-state index contributed by atoms with van der Waals surface area (Å²) >= 11 is 0. The molecule has 3 heteroatoms. The van der Waals surface area contributed by atoms with E-state index in [0.29, 0.717) is 6.04 Å². The molecule has 1 N–H and O–H groups in total. The zero-order valence-electron chi connectivity index (χ0n) is 9.58. The van der Waals surface area contributed by atoms with Gasteiger partial charge in [-0.3, -0.25) is 0 Å². The average Bonchev–Trinajstić information content (AvgIpc) is 2.57. The SMILES string of the molecule is COc1ccc2c(c1)NC(CN(C)C)C2. The normalized spacial score (nSPS) is 18.8. The van der Waals surface area contributed by atoms with Crippen molar-refractivity contribution < 1.29 is 4.74 Å². The fourth-order valence-corrected chi connectivity index (χ4v) is 2.08. The van der Waals surface area contributed by atoms with Crippen LogP contribution >= 0.6 is 0 Å². The van der Waals surface area contributed by atoms with E-state index in [1.54, 1.807) is 7.11 Å². The Balaban J connectivity index is 2.09. The molecule has 0 saturated carbocycles. The van der Waals surface area contributed by atoms with Crippen molar-refractivity contribution in [2.24, 2.45) is 0 Å². The molecule has 3 nitrogen and oxygen atoms in total. The number of nitrogens with one attached hydrogen (secondary N) is 1. The molecule has 1 aromatic rings. The number of rotatable bonds is 3. The smallest absolute Gasteiger partial charge is 0.120 e. The van der Waals surface area contributed by atoms with Gasteiger partial charge < -0.3 is 15.0 Å². The molecule has 0 saturated heterocycles. The van der Waals surface area contributed by atoms with E-state index in [1.165, 1.54) is 11.3 Å². The van der Waals surface area contributed by atoms with Gasteiger partial charge in [-0.25, -0.2) is 0 Å². The van der Waals surface area contributed by atoms with Gasteiger partial charge in [0.1, 0.15) is 5.75 Å². The molecular weight excluding hydrogens is 188 g/mol. The third-order valence-corrected chi connectivity index (χ3v) is 2.73. The number of methoxy groups -OCH3 is 1. The number of likely N-dealkylation sites (N-methyl/N-ethyl adjacent to an activating group) is 1. The van der Waals surface area contributed by atoms with Gasteiger partial charge in [0, 0.05) is 24.3 Å². The minimum absolute atomic E-state index is 0.530. The fraction of sp³-hybridized carbons (Fsp3) is 0.500. The molecule has 1 atom stereocenters. The van der Waals surface area contributed by atoms with Crippen LogP contribution in [0.5, 0.6) is 5.75 Å². The Morgan fingerprint density at radius 2 is 2.27 bits per heavy atom. The topological polar surface area (TPSA) is 24.5 Å². The molecule has 1 aromatic carbocycles. The predicted octanol–water partition coefficient (Wildman–Crippen LogP) is 1.59. The highest BCUT2D eigenvalue weighted by Gasteiger charge is 2.20. The molecule has 1 aliphatic rings. The van der Waals surface area contributed by atoms with E-state index >= 15 is 0 Å². The van der Waals surface area contributed by atoms with Gasteiger partial charge >= 0.3 is 0 Å². The lowest BCUT2D eigenvalue weighted by molar-refractivity contribution is 0.386. The van der Waals surface area contributed by atoms with Crippen molar-refractivity contribution in [2.75, 3.05) is 33.1 Å². The van der Waals surface area contributed by atoms with Crippen LogP contribution in [0.25, 0.3) is 0 Å². The summed E-state index contributed by atoms with van der Waals surface area (Å²) in [6, 6.07) is 6.78. The van der Waals surface area contributed by atoms with Crippen LogP contribution in [0, 0.1) is 0 Å². The molecule has 1 unspecified atom stereocenters. The van der Waals surface area contributed by atoms with Crippen LogP contribution < -0.4 is 10.1 Å². The highest BCUT2D eigenvalue weighted by atomic mass is 16.5. The lowest BCUT2D eigenvalue weighted by atomic mass is 10.1. The first-order chi connectivity index (χ1) is 7.19. The summed E-state index contributed by atoms with van der Waals surface area (Å²) in [5.74, 6) is 0.923. The largest absolute Gasteiger partial charge is 0.497 e. The molecule has 1 heterocycles. The number of hydrogen-bond donors (Lipinski definition) is 1. The molecule has 0 bridgehead atoms. The molecule has 82 valence electrons. The average molecular weight is 206 g/mol. The van der Waals surface area contributed by atoms with Crippen molar-refractivity contribution in [2.45, 2.75) is 12.5 Å². The molecule has 0 radical (unpaired) electrons. The Morgan fingerprint density at radius 1 is 1.47 bits per heavy atom. The van der Waals surface area contributed by atoms with Crippen molar-refractivity contribution >= 4 is 5.69 Å². The molecule has 0 aromatic heterocycles. The summed E-state index contributed by atoms with van der Waals surface area (Å²) in [4.78, 5) is 2.21. The quantitative estimate of drug-likeness (QED) is 0.813. The molecule has 1 aliphatic heterocycles. The summed E-state index contributed by atoms with van der Waals surface area (Å²) < 4.78 is 5.21. The maximum Gasteiger partial charge on any atom is 0.120 e. The van der Waals surface area contributed by atoms with Gasteiger partial charge in [0.15, 0.2) is 0 Å². The summed E-state index contributed by atoms with van der Waals surface area (Å²) in [6.07, 6.45) is 1.11. The molecule has 2 rings (SSSR count). The maximum atomic E-state index is 5.21. The minimum Gasteiger partial charge on any atom is -0.497 e. The first-order valence-corrected chi connectivity index (χ1v) is 5.27. The molecule has 0 amide bonds. The zero-order valence-corrected chi connectivity index (χ0v) is 9.58. The van der Waals surface area contributed by atoms with Gasteiger partial charge in [-0.2, -0.15) is 0 Å². The van der Waals surface area contributed by atoms with Gasteiger partial charge in [0.05, 0.1) is 7.11 Å². The van der Waals surface area contributed by atoms with E-state index in [2.05, 4.69) is 36.4 Å². The molecule has 0 spiro atoms. The van der Waals surface area contributed by atoms with Gasteiger partial charge in [-0.05, 0) is 32.1 Å². The van der Waals surface area contributed by atoms with E-state index < -0.39 is 0 Å². The van der Waals surface area contributed by atoms with E-state index in [0.717, 1.165) is 18.7 Å². The molecular formula is C12H18N2O. The van der Waals surface area contributed by atoms with Crippen LogP contribution in [-0.4, -0.2) is 38.7 Å². The third-order valence-electron chi connectivity index (χ3n) is 2.73. The van der Waals surface area contributed by atoms with Crippen molar-refractivity contribution in [3.05, 3.63) is 23.8 Å². The number of hydrogen-bond acceptors (Lipinski definition) is 3. The van der Waals surface area contributed by atoms with Crippen molar-refractivity contribution in [3.8, 4) is 5.75 Å². The second-order valence-corrected chi connectivity index (χ2v) is 4.33. The van der Waals surface area contributed by atoms with E-state index in [-0.39, 0.29) is 0 Å². The summed E-state index contributed by atoms with van der Waals surface area (Å²) in [5, 5.41) is 3.52. The van der Waals surface area contributed by atoms with Crippen LogP contribution in [0.4, 0.5) is 5.69 Å². The second kappa shape index (κ2) is 4.11. The highest BCUT2D eigenvalue weighted by molar-refractivity contribution is 5.60. The number of benzene rings is 1. The van der Waals surface area contributed by atoms with Crippen LogP contribution in [-0.2, 0) is 6.42 Å².